The molecule has 0 aliphatic carbocycles. The number of hydrogen-bond acceptors (Lipinski definition) is 21. The zero-order chi connectivity index (χ0) is 62.5. The molecule has 0 saturated heterocycles. The number of aromatic nitrogens is 5. The van der Waals surface area contributed by atoms with E-state index in [2.05, 4.69) is 106 Å². The lowest BCUT2D eigenvalue weighted by molar-refractivity contribution is -0.0868. The molecular weight excluding hydrogens is 1180 g/mol. The van der Waals surface area contributed by atoms with Gasteiger partial charge in [-0.25, -0.2) is 5.01 Å². The number of nitrogens with one attached hydrogen (secondary N) is 1. The van der Waals surface area contributed by atoms with Crippen LogP contribution < -0.4 is 15.2 Å². The molecule has 24 heteroatoms. The Hall–Kier alpha value is -8.49. The van der Waals surface area contributed by atoms with Crippen molar-refractivity contribution >= 4 is 57.5 Å². The Bertz CT molecular complexity index is 3610. The number of benzene rings is 6. The topological polar surface area (TPSA) is 226 Å². The molecule has 1 amide bonds. The lowest BCUT2D eigenvalue weighted by Crippen LogP contribution is -2.33. The fourth-order valence-corrected chi connectivity index (χ4v) is 10.5. The van der Waals surface area contributed by atoms with E-state index in [1.165, 1.54) is 15.9 Å². The van der Waals surface area contributed by atoms with E-state index in [1.807, 2.05) is 85.0 Å². The molecule has 91 heavy (non-hydrogen) atoms. The molecule has 0 saturated carbocycles. The zero-order valence-corrected chi connectivity index (χ0v) is 51.8. The number of hydrogen-bond donors (Lipinski definition) is 1. The van der Waals surface area contributed by atoms with E-state index in [4.69, 9.17) is 70.0 Å². The van der Waals surface area contributed by atoms with Gasteiger partial charge in [-0.05, 0) is 89.2 Å². The van der Waals surface area contributed by atoms with Crippen molar-refractivity contribution in [1.82, 2.24) is 30.1 Å². The van der Waals surface area contributed by atoms with Crippen LogP contribution in [-0.2, 0) is 61.1 Å². The second kappa shape index (κ2) is 35.8. The Morgan fingerprint density at radius 1 is 0.659 bits per heavy atom. The van der Waals surface area contributed by atoms with E-state index in [0.717, 1.165) is 44.7 Å². The normalized spacial score (nSPS) is 14.6. The first-order valence-corrected chi connectivity index (χ1v) is 30.9. The highest BCUT2D eigenvalue weighted by atomic mass is 32.1. The minimum atomic E-state index is -0.362. The summed E-state index contributed by atoms with van der Waals surface area (Å²) in [5, 5.41) is 34.9. The van der Waals surface area contributed by atoms with Gasteiger partial charge in [0, 0.05) is 71.7 Å². The SMILES string of the molecule is Cn1cc(/C=N/OCCOCCOCCOCC(COCCOCCOCCNC(=O)c2ccc(-n3nnc(-c4ccccc4)n3)cc2)OCCOCCOCCN2Cc3ccccc3C3C(N=NN3c3ccc(N=C=S)cc3)c3ccccc32)c2ccccc21. The van der Waals surface area contributed by atoms with Gasteiger partial charge in [0.15, 0.2) is 0 Å². The van der Waals surface area contributed by atoms with Crippen molar-refractivity contribution in [3.63, 3.8) is 0 Å². The number of rotatable bonds is 39. The summed E-state index contributed by atoms with van der Waals surface area (Å²) in [6, 6.07) is 49.2. The molecule has 3 unspecified atom stereocenters. The number of fused-ring (bicyclic) bond motifs is 6. The van der Waals surface area contributed by atoms with Crippen LogP contribution in [0.2, 0.25) is 0 Å². The number of aryl methyl sites for hydroxylation is 1. The lowest BCUT2D eigenvalue weighted by Gasteiger charge is -2.35. The number of oxime groups is 1. The van der Waals surface area contributed by atoms with Crippen LogP contribution in [-0.4, -0.2) is 180 Å². The zero-order valence-electron chi connectivity index (χ0n) is 51.0. The van der Waals surface area contributed by atoms with Crippen molar-refractivity contribution in [2.45, 2.75) is 24.7 Å². The number of ether oxygens (including phenoxy) is 9. The van der Waals surface area contributed by atoms with Crippen molar-refractivity contribution in [2.75, 3.05) is 142 Å². The number of anilines is 2. The summed E-state index contributed by atoms with van der Waals surface area (Å²) in [6.07, 6.45) is 3.38. The predicted molar refractivity (Wildman–Crippen MR) is 348 cm³/mol. The Kier molecular flexibility index (Phi) is 25.7. The Morgan fingerprint density at radius 3 is 2.01 bits per heavy atom. The molecule has 0 radical (unpaired) electrons. The molecule has 2 aliphatic rings. The second-order valence-electron chi connectivity index (χ2n) is 21.0. The summed E-state index contributed by atoms with van der Waals surface area (Å²) in [7, 11) is 2.01. The predicted octanol–water partition coefficient (Wildman–Crippen LogP) is 9.54. The van der Waals surface area contributed by atoms with Crippen LogP contribution in [0.15, 0.2) is 178 Å². The summed E-state index contributed by atoms with van der Waals surface area (Å²) in [4.78, 5) is 26.1. The molecule has 476 valence electrons. The maximum absolute atomic E-state index is 12.8. The van der Waals surface area contributed by atoms with Gasteiger partial charge < -0.3 is 62.3 Å². The molecular formula is C67H76N12O11S. The smallest absolute Gasteiger partial charge is 0.251 e. The first kappa shape index (κ1) is 65.5. The van der Waals surface area contributed by atoms with Crippen LogP contribution in [0.25, 0.3) is 28.0 Å². The van der Waals surface area contributed by atoms with Gasteiger partial charge in [-0.1, -0.05) is 101 Å². The van der Waals surface area contributed by atoms with E-state index < -0.39 is 0 Å². The van der Waals surface area contributed by atoms with Crippen LogP contribution in [0, 0.1) is 0 Å². The summed E-state index contributed by atoms with van der Waals surface area (Å²) < 4.78 is 55.1. The van der Waals surface area contributed by atoms with Gasteiger partial charge >= 0.3 is 0 Å². The number of tetrazole rings is 1. The largest absolute Gasteiger partial charge is 0.393 e. The summed E-state index contributed by atoms with van der Waals surface area (Å²) in [5.74, 6) is 0.301. The van der Waals surface area contributed by atoms with Crippen LogP contribution in [0.3, 0.4) is 0 Å². The third kappa shape index (κ3) is 19.3. The number of aliphatic imine (C=N–C) groups is 1. The maximum Gasteiger partial charge on any atom is 0.251 e. The third-order valence-electron chi connectivity index (χ3n) is 14.9. The number of para-hydroxylation sites is 2. The van der Waals surface area contributed by atoms with E-state index in [1.54, 1.807) is 30.5 Å². The van der Waals surface area contributed by atoms with Gasteiger partial charge in [-0.15, -0.1) is 15.0 Å². The molecule has 6 aromatic carbocycles. The number of thiocarbonyl (C=S) groups is 1. The van der Waals surface area contributed by atoms with E-state index >= 15 is 0 Å². The van der Waals surface area contributed by atoms with Crippen molar-refractivity contribution < 1.29 is 52.3 Å². The van der Waals surface area contributed by atoms with Gasteiger partial charge in [0.2, 0.25) is 5.82 Å². The molecule has 8 aromatic rings. The first-order valence-electron chi connectivity index (χ1n) is 30.5. The average molecular weight is 1260 g/mol. The molecule has 0 bridgehead atoms. The van der Waals surface area contributed by atoms with Crippen LogP contribution in [0.4, 0.5) is 17.1 Å². The highest BCUT2D eigenvalue weighted by molar-refractivity contribution is 7.78. The number of carbonyl (C=O) groups excluding carboxylic acids is 1. The van der Waals surface area contributed by atoms with Crippen LogP contribution >= 0.6 is 12.2 Å². The summed E-state index contributed by atoms with van der Waals surface area (Å²) >= 11 is 4.82. The third-order valence-corrected chi connectivity index (χ3v) is 15.0. The molecule has 1 N–H and O–H groups in total. The lowest BCUT2D eigenvalue weighted by atomic mass is 9.87. The summed E-state index contributed by atoms with van der Waals surface area (Å²) in [5.41, 5.74) is 10.4. The molecule has 4 heterocycles. The second-order valence-corrected chi connectivity index (χ2v) is 21.2. The molecule has 0 spiro atoms. The van der Waals surface area contributed by atoms with Gasteiger partial charge in [0.05, 0.1) is 141 Å². The number of nitrogens with zero attached hydrogens (tertiary/aromatic N) is 11. The number of carbonyl (C=O) groups is 1. The Morgan fingerprint density at radius 2 is 1.27 bits per heavy atom. The van der Waals surface area contributed by atoms with Gasteiger partial charge in [0.25, 0.3) is 5.91 Å². The van der Waals surface area contributed by atoms with Gasteiger partial charge in [-0.3, -0.25) is 4.79 Å². The molecule has 23 nitrogen and oxygen atoms in total. The monoisotopic (exact) mass is 1260 g/mol. The Balaban J connectivity index is 0.600. The quantitative estimate of drug-likeness (QED) is 0.0164. The fourth-order valence-electron chi connectivity index (χ4n) is 10.4. The van der Waals surface area contributed by atoms with E-state index in [9.17, 15) is 4.79 Å². The highest BCUT2D eigenvalue weighted by Crippen LogP contribution is 2.49. The summed E-state index contributed by atoms with van der Waals surface area (Å²) in [6.45, 7) is 8.29. The number of amides is 1. The first-order chi connectivity index (χ1) is 45.0. The van der Waals surface area contributed by atoms with E-state index in [-0.39, 0.29) is 37.3 Å². The minimum Gasteiger partial charge on any atom is -0.393 e. The minimum absolute atomic E-state index is 0.131. The van der Waals surface area contributed by atoms with Crippen LogP contribution in [0.5, 0.6) is 0 Å². The van der Waals surface area contributed by atoms with Gasteiger partial charge in [0.1, 0.15) is 24.8 Å². The average Bonchev–Trinajstić information content (AvgIpc) is 1.82. The van der Waals surface area contributed by atoms with Crippen molar-refractivity contribution in [3.05, 3.63) is 186 Å². The molecule has 10 rings (SSSR count). The van der Waals surface area contributed by atoms with Crippen molar-refractivity contribution in [2.24, 2.45) is 27.5 Å². The maximum atomic E-state index is 12.8. The fraction of sp³-hybridized carbons (Fsp3) is 0.373. The van der Waals surface area contributed by atoms with Crippen LogP contribution in [0.1, 0.15) is 44.7 Å². The molecule has 2 aromatic heterocycles. The standard InChI is InChI=1S/C67H76N12O11S/c1-76-46-54(59-14-7-9-17-62(59)76)45-70-90-44-42-86-36-35-84-38-40-88-49-58(48-87-39-37-83-33-31-81-29-27-68-67(80)52-19-23-57(24-20-52)79-73-66(72-75-79)51-11-3-2-4-12-51)89-43-41-85-34-32-82-30-28-77-47-53-13-5-6-15-60(53)65-64(61-16-8-10-18-63(61)77)71-74-78(65)56-25-21-55(22-26-56)69-50-91/h2-26,45-46,58,64-65H,27-44,47-49H2,1H3,(H,68,80)/b70-45+. The van der Waals surface area contributed by atoms with E-state index in [0.29, 0.717) is 142 Å². The molecule has 2 aliphatic heterocycles. The van der Waals surface area contributed by atoms with Crippen molar-refractivity contribution in [3.8, 4) is 17.1 Å². The molecule has 3 atom stereocenters. The van der Waals surface area contributed by atoms with Gasteiger partial charge in [-0.2, -0.15) is 10.1 Å². The number of isothiocyanates is 1. The van der Waals surface area contributed by atoms with Crippen molar-refractivity contribution in [1.29, 1.82) is 0 Å². The highest BCUT2D eigenvalue weighted by Gasteiger charge is 2.40. The Labute approximate surface area is 534 Å². The molecule has 0 fully saturated rings.